The van der Waals surface area contributed by atoms with Crippen molar-refractivity contribution in [3.63, 3.8) is 0 Å². The van der Waals surface area contributed by atoms with Crippen molar-refractivity contribution < 1.29 is 19.4 Å². The molecule has 0 aliphatic carbocycles. The summed E-state index contributed by atoms with van der Waals surface area (Å²) < 4.78 is 10.4. The summed E-state index contributed by atoms with van der Waals surface area (Å²) in [5, 5.41) is 13.1. The Bertz CT molecular complexity index is 672. The summed E-state index contributed by atoms with van der Waals surface area (Å²) in [6, 6.07) is 14.3. The topological polar surface area (TPSA) is 67.8 Å². The Labute approximate surface area is 142 Å². The van der Waals surface area contributed by atoms with Gasteiger partial charge in [-0.3, -0.25) is 4.79 Å². The minimum atomic E-state index is -0.687. The first-order chi connectivity index (χ1) is 11.5. The van der Waals surface area contributed by atoms with E-state index in [0.717, 1.165) is 5.56 Å². The smallest absolute Gasteiger partial charge is 0.255 e. The molecular weight excluding hydrogens is 306 g/mol. The first-order valence-corrected chi connectivity index (χ1v) is 7.80. The van der Waals surface area contributed by atoms with Gasteiger partial charge in [0.25, 0.3) is 5.91 Å². The predicted octanol–water partition coefficient (Wildman–Crippen LogP) is 2.43. The van der Waals surface area contributed by atoms with Crippen LogP contribution in [-0.2, 0) is 6.42 Å². The molecule has 0 saturated heterocycles. The van der Waals surface area contributed by atoms with Crippen molar-refractivity contribution in [3.05, 3.63) is 59.7 Å². The Morgan fingerprint density at radius 1 is 1.12 bits per heavy atom. The van der Waals surface area contributed by atoms with E-state index in [0.29, 0.717) is 23.5 Å². The molecule has 1 amide bonds. The molecule has 5 heteroatoms. The molecule has 0 unspecified atom stereocenters. The van der Waals surface area contributed by atoms with E-state index < -0.39 is 12.1 Å². The van der Waals surface area contributed by atoms with E-state index >= 15 is 0 Å². The van der Waals surface area contributed by atoms with Crippen molar-refractivity contribution in [1.82, 2.24) is 5.32 Å². The van der Waals surface area contributed by atoms with E-state index in [1.807, 2.05) is 30.3 Å². The molecule has 0 spiro atoms. The summed E-state index contributed by atoms with van der Waals surface area (Å²) in [5.74, 6) is 0.710. The van der Waals surface area contributed by atoms with Gasteiger partial charge < -0.3 is 19.9 Å². The molecule has 0 bridgehead atoms. The van der Waals surface area contributed by atoms with E-state index in [-0.39, 0.29) is 5.91 Å². The van der Waals surface area contributed by atoms with Crippen LogP contribution < -0.4 is 14.8 Å². The second-order valence-electron chi connectivity index (χ2n) is 5.59. The second kappa shape index (κ2) is 8.36. The molecule has 5 nitrogen and oxygen atoms in total. The lowest BCUT2D eigenvalue weighted by Gasteiger charge is -2.21. The van der Waals surface area contributed by atoms with Gasteiger partial charge in [0.05, 0.1) is 31.9 Å². The average Bonchev–Trinajstić information content (AvgIpc) is 2.61. The minimum absolute atomic E-state index is 0.314. The van der Waals surface area contributed by atoms with Crippen molar-refractivity contribution >= 4 is 5.91 Å². The number of carbonyl (C=O) groups excluding carboxylic acids is 1. The van der Waals surface area contributed by atoms with Crippen molar-refractivity contribution in [2.75, 3.05) is 14.2 Å². The van der Waals surface area contributed by atoms with Crippen LogP contribution in [0.5, 0.6) is 11.5 Å². The summed E-state index contributed by atoms with van der Waals surface area (Å²) in [5.41, 5.74) is 1.39. The molecule has 2 rings (SSSR count). The van der Waals surface area contributed by atoms with Crippen molar-refractivity contribution in [3.8, 4) is 11.5 Å². The van der Waals surface area contributed by atoms with Crippen LogP contribution in [0.3, 0.4) is 0 Å². The number of carbonyl (C=O) groups is 1. The first-order valence-electron chi connectivity index (χ1n) is 7.80. The summed E-state index contributed by atoms with van der Waals surface area (Å²) in [6.45, 7) is 1.78. The van der Waals surface area contributed by atoms with Gasteiger partial charge in [-0.15, -0.1) is 0 Å². The van der Waals surface area contributed by atoms with Crippen LogP contribution in [0.2, 0.25) is 0 Å². The number of hydrogen-bond acceptors (Lipinski definition) is 4. The van der Waals surface area contributed by atoms with Crippen molar-refractivity contribution in [2.45, 2.75) is 25.5 Å². The molecule has 0 radical (unpaired) electrons. The Morgan fingerprint density at radius 2 is 1.83 bits per heavy atom. The van der Waals surface area contributed by atoms with Gasteiger partial charge >= 0.3 is 0 Å². The van der Waals surface area contributed by atoms with Crippen molar-refractivity contribution in [2.24, 2.45) is 0 Å². The average molecular weight is 329 g/mol. The maximum absolute atomic E-state index is 12.5. The molecule has 0 aliphatic rings. The zero-order valence-electron chi connectivity index (χ0n) is 14.2. The number of hydrogen-bond donors (Lipinski definition) is 2. The zero-order chi connectivity index (χ0) is 17.5. The molecule has 2 atom stereocenters. The number of rotatable bonds is 7. The number of benzene rings is 2. The van der Waals surface area contributed by atoms with E-state index in [9.17, 15) is 9.90 Å². The van der Waals surface area contributed by atoms with Crippen LogP contribution >= 0.6 is 0 Å². The summed E-state index contributed by atoms with van der Waals surface area (Å²) in [7, 11) is 3.04. The fourth-order valence-electron chi connectivity index (χ4n) is 2.40. The van der Waals surface area contributed by atoms with E-state index in [1.165, 1.54) is 14.2 Å². The third-order valence-electron chi connectivity index (χ3n) is 3.87. The highest BCUT2D eigenvalue weighted by Crippen LogP contribution is 2.24. The number of aliphatic hydroxyl groups is 1. The van der Waals surface area contributed by atoms with Crippen LogP contribution in [-0.4, -0.2) is 37.4 Å². The lowest BCUT2D eigenvalue weighted by Crippen LogP contribution is -2.42. The Balaban J connectivity index is 2.05. The number of aliphatic hydroxyl groups excluding tert-OH is 1. The lowest BCUT2D eigenvalue weighted by atomic mass is 10.0. The molecule has 0 fully saturated rings. The molecule has 2 N–H and O–H groups in total. The number of methoxy groups -OCH3 is 2. The highest BCUT2D eigenvalue weighted by Gasteiger charge is 2.20. The molecule has 2 aromatic rings. The van der Waals surface area contributed by atoms with Crippen LogP contribution in [0.4, 0.5) is 0 Å². The fourth-order valence-corrected chi connectivity index (χ4v) is 2.40. The molecule has 0 heterocycles. The molecule has 24 heavy (non-hydrogen) atoms. The highest BCUT2D eigenvalue weighted by atomic mass is 16.5. The molecule has 128 valence electrons. The van der Waals surface area contributed by atoms with E-state index in [4.69, 9.17) is 9.47 Å². The van der Waals surface area contributed by atoms with E-state index in [1.54, 1.807) is 25.1 Å². The summed E-state index contributed by atoms with van der Waals surface area (Å²) in [4.78, 5) is 12.5. The lowest BCUT2D eigenvalue weighted by molar-refractivity contribution is 0.0848. The number of nitrogens with one attached hydrogen (secondary N) is 1. The van der Waals surface area contributed by atoms with Gasteiger partial charge in [0, 0.05) is 6.42 Å². The third-order valence-corrected chi connectivity index (χ3v) is 3.87. The standard InChI is InChI=1S/C19H23NO4/c1-13(17(21)11-14-7-5-4-6-8-14)20-19(22)16-12-15(23-2)9-10-18(16)24-3/h4-10,12-13,17,21H,11H2,1-3H3,(H,20,22)/t13-,17-/m0/s1. The summed E-state index contributed by atoms with van der Waals surface area (Å²) >= 11 is 0. The van der Waals surface area contributed by atoms with Crippen LogP contribution in [0, 0.1) is 0 Å². The van der Waals surface area contributed by atoms with Gasteiger partial charge in [-0.05, 0) is 30.7 Å². The minimum Gasteiger partial charge on any atom is -0.497 e. The Morgan fingerprint density at radius 3 is 2.46 bits per heavy atom. The van der Waals surface area contributed by atoms with Gasteiger partial charge in [0.15, 0.2) is 0 Å². The van der Waals surface area contributed by atoms with Gasteiger partial charge in [-0.2, -0.15) is 0 Å². The Kier molecular flexibility index (Phi) is 6.21. The van der Waals surface area contributed by atoms with Gasteiger partial charge in [-0.25, -0.2) is 0 Å². The van der Waals surface area contributed by atoms with Crippen LogP contribution in [0.1, 0.15) is 22.8 Å². The molecule has 0 aliphatic heterocycles. The van der Waals surface area contributed by atoms with Crippen molar-refractivity contribution in [1.29, 1.82) is 0 Å². The van der Waals surface area contributed by atoms with Crippen LogP contribution in [0.25, 0.3) is 0 Å². The molecule has 0 saturated carbocycles. The fraction of sp³-hybridized carbons (Fsp3) is 0.316. The highest BCUT2D eigenvalue weighted by molar-refractivity contribution is 5.97. The van der Waals surface area contributed by atoms with Gasteiger partial charge in [0.2, 0.25) is 0 Å². The Hall–Kier alpha value is -2.53. The summed E-state index contributed by atoms with van der Waals surface area (Å²) in [6.07, 6.45) is -0.217. The molecule has 0 aromatic heterocycles. The van der Waals surface area contributed by atoms with E-state index in [2.05, 4.69) is 5.32 Å². The second-order valence-corrected chi connectivity index (χ2v) is 5.59. The maximum Gasteiger partial charge on any atom is 0.255 e. The van der Waals surface area contributed by atoms with Gasteiger partial charge in [0.1, 0.15) is 11.5 Å². The monoisotopic (exact) mass is 329 g/mol. The number of ether oxygens (including phenoxy) is 2. The van der Waals surface area contributed by atoms with Crippen LogP contribution in [0.15, 0.2) is 48.5 Å². The third kappa shape index (κ3) is 4.49. The number of amides is 1. The molecular formula is C19H23NO4. The van der Waals surface area contributed by atoms with Gasteiger partial charge in [-0.1, -0.05) is 30.3 Å². The maximum atomic E-state index is 12.5. The first kappa shape index (κ1) is 17.8. The normalized spacial score (nSPS) is 13.0. The quantitative estimate of drug-likeness (QED) is 0.819. The largest absolute Gasteiger partial charge is 0.497 e. The SMILES string of the molecule is COc1ccc(OC)c(C(=O)N[C@@H](C)[C@@H](O)Cc2ccccc2)c1. The predicted molar refractivity (Wildman–Crippen MR) is 92.6 cm³/mol. The molecule has 2 aromatic carbocycles. The zero-order valence-corrected chi connectivity index (χ0v) is 14.2.